The average Bonchev–Trinajstić information content (AvgIpc) is 3.08. The standard InChI is InChI=1S/C21H11F3N2S2/c22-21(23,24)13-5-6-14-17(11-13)27-16-4-2-1-3-15(16)19-18(14)26-20(28-19)12-7-9-25-10-8-12/h1-11H. The van der Waals surface area contributed by atoms with Gasteiger partial charge in [-0.2, -0.15) is 13.2 Å². The molecule has 5 rings (SSSR count). The van der Waals surface area contributed by atoms with Gasteiger partial charge in [-0.05, 0) is 30.3 Å². The van der Waals surface area contributed by atoms with Crippen LogP contribution in [0.15, 0.2) is 76.8 Å². The summed E-state index contributed by atoms with van der Waals surface area (Å²) in [6, 6.07) is 15.4. The first-order valence-corrected chi connectivity index (χ1v) is 10.0. The minimum absolute atomic E-state index is 0.563. The Morgan fingerprint density at radius 2 is 1.61 bits per heavy atom. The molecule has 0 N–H and O–H groups in total. The fourth-order valence-electron chi connectivity index (χ4n) is 3.14. The molecule has 0 aliphatic carbocycles. The third-order valence-electron chi connectivity index (χ3n) is 4.47. The van der Waals surface area contributed by atoms with Gasteiger partial charge < -0.3 is 0 Å². The fraction of sp³-hybridized carbons (Fsp3) is 0.0476. The largest absolute Gasteiger partial charge is 0.416 e. The normalized spacial score (nSPS) is 12.7. The fourth-order valence-corrected chi connectivity index (χ4v) is 5.46. The van der Waals surface area contributed by atoms with Crippen LogP contribution in [-0.2, 0) is 6.18 Å². The number of benzene rings is 2. The van der Waals surface area contributed by atoms with Crippen LogP contribution < -0.4 is 0 Å². The van der Waals surface area contributed by atoms with E-state index in [9.17, 15) is 13.2 Å². The molecule has 7 heteroatoms. The van der Waals surface area contributed by atoms with Crippen molar-refractivity contribution in [2.45, 2.75) is 16.0 Å². The molecule has 0 atom stereocenters. The summed E-state index contributed by atoms with van der Waals surface area (Å²) in [5.41, 5.74) is 2.72. The Morgan fingerprint density at radius 1 is 0.821 bits per heavy atom. The van der Waals surface area contributed by atoms with Gasteiger partial charge in [0, 0.05) is 38.9 Å². The van der Waals surface area contributed by atoms with Gasteiger partial charge in [-0.25, -0.2) is 4.98 Å². The van der Waals surface area contributed by atoms with Crippen molar-refractivity contribution in [2.24, 2.45) is 0 Å². The lowest BCUT2D eigenvalue weighted by Crippen LogP contribution is -2.04. The number of aromatic nitrogens is 2. The predicted octanol–water partition coefficient (Wildman–Crippen LogP) is 7.02. The number of thiazole rings is 1. The van der Waals surface area contributed by atoms with Crippen LogP contribution in [0.5, 0.6) is 0 Å². The van der Waals surface area contributed by atoms with E-state index in [-0.39, 0.29) is 0 Å². The number of pyridine rings is 1. The summed E-state index contributed by atoms with van der Waals surface area (Å²) in [6.07, 6.45) is -0.973. The van der Waals surface area contributed by atoms with E-state index >= 15 is 0 Å². The van der Waals surface area contributed by atoms with Crippen LogP contribution in [0.4, 0.5) is 13.2 Å². The second kappa shape index (κ2) is 6.46. The van der Waals surface area contributed by atoms with Crippen LogP contribution in [0.3, 0.4) is 0 Å². The molecule has 138 valence electrons. The summed E-state index contributed by atoms with van der Waals surface area (Å²) in [5, 5.41) is 0.819. The highest BCUT2D eigenvalue weighted by Gasteiger charge is 2.32. The molecule has 3 heterocycles. The number of alkyl halides is 3. The van der Waals surface area contributed by atoms with Gasteiger partial charge in [-0.3, -0.25) is 4.98 Å². The van der Waals surface area contributed by atoms with Gasteiger partial charge in [0.2, 0.25) is 0 Å². The predicted molar refractivity (Wildman–Crippen MR) is 105 cm³/mol. The van der Waals surface area contributed by atoms with Crippen LogP contribution in [0.2, 0.25) is 0 Å². The molecule has 0 saturated heterocycles. The molecular formula is C21H11F3N2S2. The molecule has 2 nitrogen and oxygen atoms in total. The maximum Gasteiger partial charge on any atom is 0.416 e. The molecule has 0 radical (unpaired) electrons. The molecule has 1 aliphatic heterocycles. The summed E-state index contributed by atoms with van der Waals surface area (Å²) in [5.74, 6) is 0. The molecule has 0 saturated carbocycles. The third kappa shape index (κ3) is 2.91. The molecule has 1 aliphatic rings. The van der Waals surface area contributed by atoms with E-state index in [1.165, 1.54) is 23.9 Å². The highest BCUT2D eigenvalue weighted by molar-refractivity contribution is 7.99. The highest BCUT2D eigenvalue weighted by atomic mass is 32.2. The second-order valence-corrected chi connectivity index (χ2v) is 8.32. The van der Waals surface area contributed by atoms with Crippen LogP contribution in [0.1, 0.15) is 5.56 Å². The van der Waals surface area contributed by atoms with Gasteiger partial charge >= 0.3 is 6.18 Å². The van der Waals surface area contributed by atoms with Crippen LogP contribution in [0.25, 0.3) is 32.3 Å². The topological polar surface area (TPSA) is 25.8 Å². The van der Waals surface area contributed by atoms with E-state index in [1.807, 2.05) is 36.4 Å². The zero-order valence-corrected chi connectivity index (χ0v) is 15.8. The number of halogens is 3. The van der Waals surface area contributed by atoms with Crippen molar-refractivity contribution in [3.05, 3.63) is 72.6 Å². The van der Waals surface area contributed by atoms with Gasteiger partial charge in [-0.1, -0.05) is 36.0 Å². The number of nitrogens with zero attached hydrogens (tertiary/aromatic N) is 2. The van der Waals surface area contributed by atoms with E-state index in [0.717, 1.165) is 43.2 Å². The Bertz CT molecular complexity index is 1180. The molecule has 0 bridgehead atoms. The van der Waals surface area contributed by atoms with Crippen LogP contribution in [-0.4, -0.2) is 9.97 Å². The maximum atomic E-state index is 13.2. The third-order valence-corrected chi connectivity index (χ3v) is 6.74. The summed E-state index contributed by atoms with van der Waals surface area (Å²) in [6.45, 7) is 0. The van der Waals surface area contributed by atoms with Gasteiger partial charge in [0.15, 0.2) is 0 Å². The number of hydrogen-bond donors (Lipinski definition) is 0. The molecule has 2 aromatic carbocycles. The Balaban J connectivity index is 1.77. The molecule has 28 heavy (non-hydrogen) atoms. The smallest absolute Gasteiger partial charge is 0.265 e. The van der Waals surface area contributed by atoms with Crippen molar-refractivity contribution in [3.8, 4) is 32.3 Å². The van der Waals surface area contributed by atoms with E-state index in [1.54, 1.807) is 23.7 Å². The Morgan fingerprint density at radius 3 is 2.39 bits per heavy atom. The first-order valence-electron chi connectivity index (χ1n) is 8.41. The lowest BCUT2D eigenvalue weighted by molar-refractivity contribution is -0.137. The van der Waals surface area contributed by atoms with Crippen molar-refractivity contribution < 1.29 is 13.2 Å². The number of rotatable bonds is 1. The Labute approximate surface area is 167 Å². The average molecular weight is 412 g/mol. The van der Waals surface area contributed by atoms with Crippen molar-refractivity contribution in [1.29, 1.82) is 0 Å². The summed E-state index contributed by atoms with van der Waals surface area (Å²) >= 11 is 2.90. The van der Waals surface area contributed by atoms with Gasteiger partial charge in [0.25, 0.3) is 0 Å². The summed E-state index contributed by atoms with van der Waals surface area (Å²) in [4.78, 5) is 11.3. The van der Waals surface area contributed by atoms with E-state index in [0.29, 0.717) is 4.90 Å². The summed E-state index contributed by atoms with van der Waals surface area (Å²) < 4.78 is 39.7. The lowest BCUT2D eigenvalue weighted by Gasteiger charge is -2.11. The minimum atomic E-state index is -4.38. The first-order chi connectivity index (χ1) is 13.5. The van der Waals surface area contributed by atoms with Gasteiger partial charge in [0.1, 0.15) is 5.01 Å². The number of hydrogen-bond acceptors (Lipinski definition) is 4. The molecular weight excluding hydrogens is 401 g/mol. The molecule has 0 fully saturated rings. The van der Waals surface area contributed by atoms with E-state index < -0.39 is 11.7 Å². The lowest BCUT2D eigenvalue weighted by atomic mass is 10.0. The van der Waals surface area contributed by atoms with Crippen molar-refractivity contribution >= 4 is 23.1 Å². The minimum Gasteiger partial charge on any atom is -0.265 e. The van der Waals surface area contributed by atoms with E-state index in [2.05, 4.69) is 4.98 Å². The van der Waals surface area contributed by atoms with E-state index in [4.69, 9.17) is 4.98 Å². The van der Waals surface area contributed by atoms with Crippen molar-refractivity contribution in [3.63, 3.8) is 0 Å². The monoisotopic (exact) mass is 412 g/mol. The molecule has 0 amide bonds. The van der Waals surface area contributed by atoms with Crippen LogP contribution >= 0.6 is 23.1 Å². The SMILES string of the molecule is FC(F)(F)c1ccc2c(c1)Sc1ccccc1-c1sc(-c3ccncc3)nc1-2. The molecule has 0 unspecified atom stereocenters. The number of fused-ring (bicyclic) bond motifs is 5. The van der Waals surface area contributed by atoms with Gasteiger partial charge in [-0.15, -0.1) is 11.3 Å². The molecule has 0 spiro atoms. The van der Waals surface area contributed by atoms with Crippen molar-refractivity contribution in [2.75, 3.05) is 0 Å². The zero-order chi connectivity index (χ0) is 19.3. The molecule has 2 aromatic heterocycles. The Kier molecular flexibility index (Phi) is 4.03. The van der Waals surface area contributed by atoms with Crippen molar-refractivity contribution in [1.82, 2.24) is 9.97 Å². The Hall–Kier alpha value is -2.64. The second-order valence-electron chi connectivity index (χ2n) is 6.24. The van der Waals surface area contributed by atoms with Crippen LogP contribution in [0, 0.1) is 0 Å². The zero-order valence-electron chi connectivity index (χ0n) is 14.2. The quantitative estimate of drug-likeness (QED) is 0.296. The van der Waals surface area contributed by atoms with Gasteiger partial charge in [0.05, 0.1) is 16.1 Å². The summed E-state index contributed by atoms with van der Waals surface area (Å²) in [7, 11) is 0. The highest BCUT2D eigenvalue weighted by Crippen LogP contribution is 2.51. The maximum absolute atomic E-state index is 13.2. The first kappa shape index (κ1) is 17.5. The molecule has 4 aromatic rings.